The normalized spacial score (nSPS) is 10.8. The number of esters is 1. The second-order valence-corrected chi connectivity index (χ2v) is 1.66. The van der Waals surface area contributed by atoms with Crippen molar-refractivity contribution in [2.45, 2.75) is 5.97 Å². The Kier molecular flexibility index (Phi) is 2.93. The van der Waals surface area contributed by atoms with Gasteiger partial charge in [0, 0.05) is 0 Å². The van der Waals surface area contributed by atoms with Gasteiger partial charge in [-0.3, -0.25) is 0 Å². The number of aliphatic carboxylic acids is 1. The second-order valence-electron chi connectivity index (χ2n) is 1.66. The van der Waals surface area contributed by atoms with Gasteiger partial charge < -0.3 is 25.2 Å². The van der Waals surface area contributed by atoms with E-state index in [0.717, 1.165) is 0 Å². The summed E-state index contributed by atoms with van der Waals surface area (Å²) in [6, 6.07) is 0. The van der Waals surface area contributed by atoms with Gasteiger partial charge >= 0.3 is 17.9 Å². The molecule has 0 amide bonds. The SMILES string of the molecule is O=C(O)C(=O)OCC(O)(O)O. The average Bonchev–Trinajstić information content (AvgIpc) is 1.80. The first-order chi connectivity index (χ1) is 4.83. The number of aliphatic hydroxyl groups is 3. The summed E-state index contributed by atoms with van der Waals surface area (Å²) in [6.07, 6.45) is 0. The molecule has 0 saturated carbocycles. The molecule has 0 atom stereocenters. The zero-order valence-electron chi connectivity index (χ0n) is 5.22. The monoisotopic (exact) mass is 166 g/mol. The molecule has 7 nitrogen and oxygen atoms in total. The molecule has 0 aliphatic rings. The van der Waals surface area contributed by atoms with Crippen molar-refractivity contribution in [3.63, 3.8) is 0 Å². The highest BCUT2D eigenvalue weighted by molar-refractivity contribution is 6.28. The molecule has 7 heteroatoms. The zero-order chi connectivity index (χ0) is 9.07. The average molecular weight is 166 g/mol. The molecule has 0 spiro atoms. The van der Waals surface area contributed by atoms with Crippen LogP contribution in [0.3, 0.4) is 0 Å². The fourth-order valence-corrected chi connectivity index (χ4v) is 0.224. The minimum absolute atomic E-state index is 1.21. The standard InChI is InChI=1S/C4H6O7/c5-2(6)3(7)11-1-4(8,9)10/h8-10H,1H2,(H,5,6). The van der Waals surface area contributed by atoms with Crippen LogP contribution in [-0.4, -0.2) is 44.9 Å². The summed E-state index contributed by atoms with van der Waals surface area (Å²) < 4.78 is 3.68. The molecule has 0 aliphatic carbocycles. The lowest BCUT2D eigenvalue weighted by molar-refractivity contribution is -0.327. The minimum Gasteiger partial charge on any atom is -0.473 e. The van der Waals surface area contributed by atoms with Crippen LogP contribution in [0.15, 0.2) is 0 Å². The maximum Gasteiger partial charge on any atom is 0.417 e. The number of carboxylic acid groups (broad SMARTS) is 1. The molecule has 0 aromatic heterocycles. The lowest BCUT2D eigenvalue weighted by Crippen LogP contribution is -2.35. The van der Waals surface area contributed by atoms with Crippen molar-refractivity contribution in [2.75, 3.05) is 6.61 Å². The molecular formula is C4H6O7. The zero-order valence-corrected chi connectivity index (χ0v) is 5.22. The van der Waals surface area contributed by atoms with Crippen molar-refractivity contribution in [1.29, 1.82) is 0 Å². The van der Waals surface area contributed by atoms with E-state index >= 15 is 0 Å². The third-order valence-corrected chi connectivity index (χ3v) is 0.572. The van der Waals surface area contributed by atoms with Gasteiger partial charge in [-0.1, -0.05) is 0 Å². The first-order valence-electron chi connectivity index (χ1n) is 2.40. The van der Waals surface area contributed by atoms with Crippen molar-refractivity contribution >= 4 is 11.9 Å². The molecule has 0 aliphatic heterocycles. The first kappa shape index (κ1) is 9.82. The number of ether oxygens (including phenoxy) is 1. The highest BCUT2D eigenvalue weighted by atomic mass is 16.7. The quantitative estimate of drug-likeness (QED) is 0.199. The van der Waals surface area contributed by atoms with E-state index in [1.165, 1.54) is 0 Å². The molecule has 4 N–H and O–H groups in total. The highest BCUT2D eigenvalue weighted by Gasteiger charge is 2.23. The Bertz CT molecular complexity index is 166. The topological polar surface area (TPSA) is 124 Å². The number of hydrogen-bond acceptors (Lipinski definition) is 6. The van der Waals surface area contributed by atoms with E-state index in [2.05, 4.69) is 4.74 Å². The Morgan fingerprint density at radius 3 is 2.00 bits per heavy atom. The summed E-state index contributed by atoms with van der Waals surface area (Å²) in [6.45, 7) is -1.21. The molecule has 0 saturated heterocycles. The fourth-order valence-electron chi connectivity index (χ4n) is 0.224. The Labute approximate surface area is 60.4 Å². The molecular weight excluding hydrogens is 160 g/mol. The second kappa shape index (κ2) is 3.28. The number of carbonyl (C=O) groups is 2. The van der Waals surface area contributed by atoms with Crippen LogP contribution in [0.5, 0.6) is 0 Å². The van der Waals surface area contributed by atoms with Crippen molar-refractivity contribution in [3.8, 4) is 0 Å². The molecule has 0 aromatic rings. The lowest BCUT2D eigenvalue weighted by Gasteiger charge is -2.12. The van der Waals surface area contributed by atoms with Gasteiger partial charge in [0.2, 0.25) is 0 Å². The van der Waals surface area contributed by atoms with Crippen molar-refractivity contribution < 1.29 is 34.8 Å². The van der Waals surface area contributed by atoms with Gasteiger partial charge in [-0.2, -0.15) is 0 Å². The molecule has 0 unspecified atom stereocenters. The van der Waals surface area contributed by atoms with Crippen molar-refractivity contribution in [3.05, 3.63) is 0 Å². The minimum atomic E-state index is -3.19. The van der Waals surface area contributed by atoms with Crippen LogP contribution >= 0.6 is 0 Å². The summed E-state index contributed by atoms with van der Waals surface area (Å²) in [4.78, 5) is 19.7. The molecule has 0 aromatic carbocycles. The van der Waals surface area contributed by atoms with Gasteiger partial charge in [-0.05, 0) is 0 Å². The maximum absolute atomic E-state index is 10.0. The number of rotatable bonds is 2. The van der Waals surface area contributed by atoms with E-state index in [-0.39, 0.29) is 0 Å². The molecule has 0 fully saturated rings. The molecule has 0 radical (unpaired) electrons. The largest absolute Gasteiger partial charge is 0.473 e. The number of hydrogen-bond donors (Lipinski definition) is 4. The molecule has 0 rings (SSSR count). The van der Waals surface area contributed by atoms with Gasteiger partial charge in [0.1, 0.15) is 0 Å². The van der Waals surface area contributed by atoms with Gasteiger partial charge in [0.05, 0.1) is 0 Å². The van der Waals surface area contributed by atoms with Gasteiger partial charge in [0.25, 0.3) is 0 Å². The smallest absolute Gasteiger partial charge is 0.417 e. The first-order valence-corrected chi connectivity index (χ1v) is 2.40. The Morgan fingerprint density at radius 1 is 1.27 bits per heavy atom. The van der Waals surface area contributed by atoms with E-state index in [9.17, 15) is 9.59 Å². The third kappa shape index (κ3) is 5.27. The maximum atomic E-state index is 10.0. The van der Waals surface area contributed by atoms with Crippen LogP contribution < -0.4 is 0 Å². The summed E-state index contributed by atoms with van der Waals surface area (Å²) in [5, 5.41) is 32.1. The van der Waals surface area contributed by atoms with Crippen LogP contribution in [0, 0.1) is 0 Å². The van der Waals surface area contributed by atoms with Crippen LogP contribution in [0.4, 0.5) is 0 Å². The molecule has 0 bridgehead atoms. The van der Waals surface area contributed by atoms with E-state index in [1.807, 2.05) is 0 Å². The predicted molar refractivity (Wildman–Crippen MR) is 28.0 cm³/mol. The Morgan fingerprint density at radius 2 is 1.73 bits per heavy atom. The van der Waals surface area contributed by atoms with Gasteiger partial charge in [0.15, 0.2) is 6.61 Å². The summed E-state index contributed by atoms with van der Waals surface area (Å²) in [5.41, 5.74) is 0. The summed E-state index contributed by atoms with van der Waals surface area (Å²) in [7, 11) is 0. The highest BCUT2D eigenvalue weighted by Crippen LogP contribution is 1.93. The predicted octanol–water partition coefficient (Wildman–Crippen LogP) is -2.76. The van der Waals surface area contributed by atoms with E-state index in [1.54, 1.807) is 0 Å². The summed E-state index contributed by atoms with van der Waals surface area (Å²) >= 11 is 0. The third-order valence-electron chi connectivity index (χ3n) is 0.572. The Balaban J connectivity index is 3.73. The number of carboxylic acids is 1. The Hall–Kier alpha value is -1.18. The van der Waals surface area contributed by atoms with Crippen LogP contribution in [0.2, 0.25) is 0 Å². The molecule has 11 heavy (non-hydrogen) atoms. The van der Waals surface area contributed by atoms with Crippen molar-refractivity contribution in [1.82, 2.24) is 0 Å². The van der Waals surface area contributed by atoms with Crippen LogP contribution in [0.25, 0.3) is 0 Å². The van der Waals surface area contributed by atoms with E-state index in [4.69, 9.17) is 20.4 Å². The van der Waals surface area contributed by atoms with E-state index in [0.29, 0.717) is 0 Å². The number of carbonyl (C=O) groups excluding carboxylic acids is 1. The van der Waals surface area contributed by atoms with Crippen LogP contribution in [-0.2, 0) is 14.3 Å². The fraction of sp³-hybridized carbons (Fsp3) is 0.500. The molecule has 0 heterocycles. The van der Waals surface area contributed by atoms with Crippen LogP contribution in [0.1, 0.15) is 0 Å². The van der Waals surface area contributed by atoms with Gasteiger partial charge in [-0.15, -0.1) is 0 Å². The molecule has 64 valence electrons. The van der Waals surface area contributed by atoms with Crippen molar-refractivity contribution in [2.24, 2.45) is 0 Å². The summed E-state index contributed by atoms with van der Waals surface area (Å²) in [5.74, 6) is -6.74. The van der Waals surface area contributed by atoms with Gasteiger partial charge in [-0.25, -0.2) is 9.59 Å². The van der Waals surface area contributed by atoms with E-state index < -0.39 is 24.5 Å². The lowest BCUT2D eigenvalue weighted by atomic mass is 10.6.